The Balaban J connectivity index is 2.15. The maximum atomic E-state index is 11.9. The summed E-state index contributed by atoms with van der Waals surface area (Å²) < 4.78 is 26.4. The van der Waals surface area contributed by atoms with Gasteiger partial charge in [-0.1, -0.05) is 19.1 Å². The highest BCUT2D eigenvalue weighted by molar-refractivity contribution is 7.89. The van der Waals surface area contributed by atoms with Crippen LogP contribution in [0.1, 0.15) is 18.9 Å². The van der Waals surface area contributed by atoms with Gasteiger partial charge in [0.1, 0.15) is 0 Å². The van der Waals surface area contributed by atoms with Crippen molar-refractivity contribution in [3.05, 3.63) is 29.8 Å². The predicted octanol–water partition coefficient (Wildman–Crippen LogP) is 0.866. The highest BCUT2D eigenvalue weighted by Gasteiger charge is 2.36. The van der Waals surface area contributed by atoms with E-state index in [1.807, 2.05) is 6.92 Å². The molecule has 1 aliphatic carbocycles. The number of sulfonamides is 1. The van der Waals surface area contributed by atoms with Gasteiger partial charge < -0.3 is 5.11 Å². The zero-order chi connectivity index (χ0) is 11.8. The lowest BCUT2D eigenvalue weighted by molar-refractivity contribution is 0.282. The average molecular weight is 241 g/mol. The summed E-state index contributed by atoms with van der Waals surface area (Å²) in [6, 6.07) is 6.35. The zero-order valence-electron chi connectivity index (χ0n) is 9.05. The minimum atomic E-state index is -3.39. The van der Waals surface area contributed by atoms with Crippen molar-refractivity contribution in [1.82, 2.24) is 4.72 Å². The quantitative estimate of drug-likeness (QED) is 0.822. The summed E-state index contributed by atoms with van der Waals surface area (Å²) >= 11 is 0. The van der Waals surface area contributed by atoms with E-state index in [1.54, 1.807) is 12.1 Å². The fraction of sp³-hybridized carbons (Fsp3) is 0.455. The molecule has 0 amide bonds. The van der Waals surface area contributed by atoms with E-state index in [4.69, 9.17) is 5.11 Å². The molecule has 1 aromatic rings. The summed E-state index contributed by atoms with van der Waals surface area (Å²) in [6.07, 6.45) is 0.911. The molecule has 88 valence electrons. The van der Waals surface area contributed by atoms with E-state index >= 15 is 0 Å². The number of benzene rings is 1. The van der Waals surface area contributed by atoms with Gasteiger partial charge in [0, 0.05) is 6.04 Å². The molecule has 0 radical (unpaired) electrons. The summed E-state index contributed by atoms with van der Waals surface area (Å²) in [4.78, 5) is 0.254. The van der Waals surface area contributed by atoms with Gasteiger partial charge in [-0.3, -0.25) is 0 Å². The van der Waals surface area contributed by atoms with Crippen LogP contribution >= 0.6 is 0 Å². The monoisotopic (exact) mass is 241 g/mol. The Hall–Kier alpha value is -0.910. The van der Waals surface area contributed by atoms with Gasteiger partial charge in [-0.05, 0) is 30.0 Å². The molecule has 2 atom stereocenters. The van der Waals surface area contributed by atoms with Crippen molar-refractivity contribution in [2.24, 2.45) is 5.92 Å². The lowest BCUT2D eigenvalue weighted by Gasteiger charge is -2.06. The van der Waals surface area contributed by atoms with Crippen molar-refractivity contribution < 1.29 is 13.5 Å². The third-order valence-corrected chi connectivity index (χ3v) is 4.34. The first-order chi connectivity index (χ1) is 7.53. The largest absolute Gasteiger partial charge is 0.392 e. The molecule has 1 saturated carbocycles. The van der Waals surface area contributed by atoms with Crippen LogP contribution in [0.4, 0.5) is 0 Å². The van der Waals surface area contributed by atoms with E-state index in [2.05, 4.69) is 4.72 Å². The summed E-state index contributed by atoms with van der Waals surface area (Å²) in [5.74, 6) is 0.437. The summed E-state index contributed by atoms with van der Waals surface area (Å²) in [5.41, 5.74) is 0.707. The van der Waals surface area contributed by atoms with Gasteiger partial charge in [-0.2, -0.15) is 0 Å². The van der Waals surface area contributed by atoms with Gasteiger partial charge in [-0.15, -0.1) is 0 Å². The van der Waals surface area contributed by atoms with E-state index in [9.17, 15) is 8.42 Å². The number of nitrogens with one attached hydrogen (secondary N) is 1. The second-order valence-corrected chi connectivity index (χ2v) is 5.96. The summed E-state index contributed by atoms with van der Waals surface area (Å²) in [7, 11) is -3.39. The molecule has 1 aliphatic rings. The van der Waals surface area contributed by atoms with Gasteiger partial charge in [0.2, 0.25) is 10.0 Å². The molecule has 0 aromatic heterocycles. The molecule has 1 fully saturated rings. The summed E-state index contributed by atoms with van der Waals surface area (Å²) in [5, 5.41) is 8.86. The summed E-state index contributed by atoms with van der Waals surface area (Å²) in [6.45, 7) is 1.94. The van der Waals surface area contributed by atoms with Gasteiger partial charge >= 0.3 is 0 Å². The van der Waals surface area contributed by atoms with Crippen LogP contribution in [0.25, 0.3) is 0 Å². The molecule has 4 nitrogen and oxygen atoms in total. The molecule has 2 unspecified atom stereocenters. The maximum Gasteiger partial charge on any atom is 0.240 e. The Morgan fingerprint density at radius 1 is 1.38 bits per heavy atom. The van der Waals surface area contributed by atoms with E-state index < -0.39 is 10.0 Å². The fourth-order valence-electron chi connectivity index (χ4n) is 1.53. The van der Waals surface area contributed by atoms with Crippen molar-refractivity contribution in [1.29, 1.82) is 0 Å². The standard InChI is InChI=1S/C11H15NO3S/c1-8-6-11(8)12-16(14,15)10-4-2-9(7-13)3-5-10/h2-5,8,11-13H,6-7H2,1H3. The number of aliphatic hydroxyl groups excluding tert-OH is 1. The van der Waals surface area contributed by atoms with E-state index in [0.717, 1.165) is 6.42 Å². The van der Waals surface area contributed by atoms with Crippen molar-refractivity contribution in [3.8, 4) is 0 Å². The zero-order valence-corrected chi connectivity index (χ0v) is 9.87. The highest BCUT2D eigenvalue weighted by atomic mass is 32.2. The Bertz CT molecular complexity index is 467. The number of hydrogen-bond donors (Lipinski definition) is 2. The molecule has 16 heavy (non-hydrogen) atoms. The molecule has 0 spiro atoms. The molecule has 0 heterocycles. The van der Waals surface area contributed by atoms with Crippen LogP contribution in [0, 0.1) is 5.92 Å². The Morgan fingerprint density at radius 2 is 1.94 bits per heavy atom. The van der Waals surface area contributed by atoms with Crippen LogP contribution in [0.2, 0.25) is 0 Å². The number of hydrogen-bond acceptors (Lipinski definition) is 3. The molecule has 2 N–H and O–H groups in total. The maximum absolute atomic E-state index is 11.9. The molecule has 5 heteroatoms. The van der Waals surface area contributed by atoms with Crippen LogP contribution < -0.4 is 4.72 Å². The lowest BCUT2D eigenvalue weighted by Crippen LogP contribution is -2.26. The molecule has 1 aromatic carbocycles. The van der Waals surface area contributed by atoms with Crippen molar-refractivity contribution >= 4 is 10.0 Å². The van der Waals surface area contributed by atoms with Gasteiger partial charge in [0.15, 0.2) is 0 Å². The fourth-order valence-corrected chi connectivity index (χ4v) is 2.89. The first-order valence-electron chi connectivity index (χ1n) is 5.25. The van der Waals surface area contributed by atoms with Crippen LogP contribution in [-0.2, 0) is 16.6 Å². The van der Waals surface area contributed by atoms with E-state index in [0.29, 0.717) is 11.5 Å². The Labute approximate surface area is 95.4 Å². The molecule has 2 rings (SSSR count). The van der Waals surface area contributed by atoms with Crippen molar-refractivity contribution in [3.63, 3.8) is 0 Å². The first kappa shape index (κ1) is 11.6. The SMILES string of the molecule is CC1CC1NS(=O)(=O)c1ccc(CO)cc1. The molecular weight excluding hydrogens is 226 g/mol. The highest BCUT2D eigenvalue weighted by Crippen LogP contribution is 2.30. The van der Waals surface area contributed by atoms with Gasteiger partial charge in [0.25, 0.3) is 0 Å². The third kappa shape index (κ3) is 2.42. The predicted molar refractivity (Wildman–Crippen MR) is 60.3 cm³/mol. The minimum Gasteiger partial charge on any atom is -0.392 e. The normalized spacial score (nSPS) is 24.4. The van der Waals surface area contributed by atoms with Crippen molar-refractivity contribution in [2.75, 3.05) is 0 Å². The second kappa shape index (κ2) is 4.16. The van der Waals surface area contributed by atoms with Crippen molar-refractivity contribution in [2.45, 2.75) is 30.9 Å². The van der Waals surface area contributed by atoms with Crippen LogP contribution in [-0.4, -0.2) is 19.6 Å². The lowest BCUT2D eigenvalue weighted by atomic mass is 10.2. The van der Waals surface area contributed by atoms with Gasteiger partial charge in [0.05, 0.1) is 11.5 Å². The average Bonchev–Trinajstić information content (AvgIpc) is 2.93. The topological polar surface area (TPSA) is 66.4 Å². The Morgan fingerprint density at radius 3 is 2.38 bits per heavy atom. The van der Waals surface area contributed by atoms with Crippen LogP contribution in [0.5, 0.6) is 0 Å². The molecule has 0 bridgehead atoms. The first-order valence-corrected chi connectivity index (χ1v) is 6.73. The molecular formula is C11H15NO3S. The number of rotatable bonds is 4. The Kier molecular flexibility index (Phi) is 3.01. The minimum absolute atomic E-state index is 0.0760. The van der Waals surface area contributed by atoms with Crippen LogP contribution in [0.3, 0.4) is 0 Å². The van der Waals surface area contributed by atoms with E-state index in [-0.39, 0.29) is 17.5 Å². The molecule has 0 aliphatic heterocycles. The molecule has 0 saturated heterocycles. The second-order valence-electron chi connectivity index (χ2n) is 4.24. The van der Waals surface area contributed by atoms with Crippen LogP contribution in [0.15, 0.2) is 29.2 Å². The van der Waals surface area contributed by atoms with E-state index in [1.165, 1.54) is 12.1 Å². The number of aliphatic hydroxyl groups is 1. The van der Waals surface area contributed by atoms with Gasteiger partial charge in [-0.25, -0.2) is 13.1 Å². The third-order valence-electron chi connectivity index (χ3n) is 2.83. The smallest absolute Gasteiger partial charge is 0.240 e.